The average molecular weight is 397 g/mol. The molecule has 4 rings (SSSR count). The summed E-state index contributed by atoms with van der Waals surface area (Å²) in [7, 11) is 1.66. The molecule has 3 aromatic rings. The normalized spacial score (nSPS) is 14.3. The Morgan fingerprint density at radius 2 is 1.93 bits per heavy atom. The Morgan fingerprint density at radius 3 is 2.64 bits per heavy atom. The van der Waals surface area contributed by atoms with E-state index in [0.717, 1.165) is 63.7 Å². The predicted molar refractivity (Wildman–Crippen MR) is 112 cm³/mol. The highest BCUT2D eigenvalue weighted by molar-refractivity contribution is 7.20. The summed E-state index contributed by atoms with van der Waals surface area (Å²) in [5, 5.41) is 4.35. The molecule has 0 bridgehead atoms. The molecule has 0 unspecified atom stereocenters. The number of rotatable bonds is 5. The Morgan fingerprint density at radius 1 is 1.18 bits per heavy atom. The molecule has 1 amide bonds. The third kappa shape index (κ3) is 3.67. The number of anilines is 1. The minimum atomic E-state index is 0.126. The van der Waals surface area contributed by atoms with Crippen LogP contribution < -0.4 is 10.1 Å². The molecule has 146 valence electrons. The molecule has 1 saturated heterocycles. The van der Waals surface area contributed by atoms with E-state index in [1.165, 1.54) is 17.8 Å². The Balaban J connectivity index is 1.58. The summed E-state index contributed by atoms with van der Waals surface area (Å²) in [4.78, 5) is 25.4. The van der Waals surface area contributed by atoms with Gasteiger partial charge in [0.2, 0.25) is 0 Å². The number of nitrogens with one attached hydrogen (secondary N) is 1. The van der Waals surface area contributed by atoms with Gasteiger partial charge in [0.1, 0.15) is 22.7 Å². The Kier molecular flexibility index (Phi) is 5.43. The maximum absolute atomic E-state index is 13.0. The van der Waals surface area contributed by atoms with Crippen LogP contribution in [0.25, 0.3) is 10.2 Å². The summed E-state index contributed by atoms with van der Waals surface area (Å²) in [5.41, 5.74) is 2.10. The second-order valence-corrected chi connectivity index (χ2v) is 8.01. The van der Waals surface area contributed by atoms with Crippen LogP contribution in [0, 0.1) is 6.92 Å². The molecule has 1 aliphatic heterocycles. The number of carbonyl (C=O) groups is 1. The van der Waals surface area contributed by atoms with E-state index >= 15 is 0 Å². The summed E-state index contributed by atoms with van der Waals surface area (Å²) in [6, 6.07) is 7.93. The zero-order valence-electron chi connectivity index (χ0n) is 16.2. The van der Waals surface area contributed by atoms with Crippen LogP contribution in [-0.2, 0) is 6.54 Å². The van der Waals surface area contributed by atoms with Crippen LogP contribution in [0.5, 0.6) is 5.75 Å². The van der Waals surface area contributed by atoms with Gasteiger partial charge < -0.3 is 15.0 Å². The van der Waals surface area contributed by atoms with Crippen molar-refractivity contribution >= 4 is 33.3 Å². The van der Waals surface area contributed by atoms with Gasteiger partial charge in [0, 0.05) is 19.6 Å². The van der Waals surface area contributed by atoms with Crippen LogP contribution in [0.15, 0.2) is 30.6 Å². The van der Waals surface area contributed by atoms with Crippen molar-refractivity contribution in [2.24, 2.45) is 0 Å². The molecule has 2 aromatic heterocycles. The van der Waals surface area contributed by atoms with E-state index in [0.29, 0.717) is 6.54 Å². The van der Waals surface area contributed by atoms with E-state index < -0.39 is 0 Å². The van der Waals surface area contributed by atoms with Gasteiger partial charge in [-0.1, -0.05) is 12.1 Å². The monoisotopic (exact) mass is 396 g/mol. The van der Waals surface area contributed by atoms with Crippen LogP contribution in [0.1, 0.15) is 40.1 Å². The zero-order chi connectivity index (χ0) is 19.5. The van der Waals surface area contributed by atoms with Crippen LogP contribution in [0.2, 0.25) is 0 Å². The topological polar surface area (TPSA) is 67.3 Å². The number of benzene rings is 1. The number of likely N-dealkylation sites (tertiary alicyclic amines) is 1. The minimum Gasteiger partial charge on any atom is -0.497 e. The number of fused-ring (bicyclic) bond motifs is 1. The van der Waals surface area contributed by atoms with E-state index in [4.69, 9.17) is 4.74 Å². The lowest BCUT2D eigenvalue weighted by Crippen LogP contribution is -2.35. The third-order valence-electron chi connectivity index (χ3n) is 5.18. The van der Waals surface area contributed by atoms with Gasteiger partial charge >= 0.3 is 0 Å². The van der Waals surface area contributed by atoms with Gasteiger partial charge in [0.05, 0.1) is 17.4 Å². The van der Waals surface area contributed by atoms with Crippen molar-refractivity contribution in [2.75, 3.05) is 25.5 Å². The fraction of sp³-hybridized carbons (Fsp3) is 0.381. The van der Waals surface area contributed by atoms with Crippen molar-refractivity contribution in [3.05, 3.63) is 46.6 Å². The fourth-order valence-electron chi connectivity index (χ4n) is 3.58. The van der Waals surface area contributed by atoms with Crippen molar-refractivity contribution in [2.45, 2.75) is 32.7 Å². The second kappa shape index (κ2) is 8.14. The average Bonchev–Trinajstić information content (AvgIpc) is 3.10. The van der Waals surface area contributed by atoms with Crippen LogP contribution in [-0.4, -0.2) is 41.0 Å². The lowest BCUT2D eigenvalue weighted by molar-refractivity contribution is 0.0728. The van der Waals surface area contributed by atoms with Crippen molar-refractivity contribution in [3.63, 3.8) is 0 Å². The molecule has 0 spiro atoms. The van der Waals surface area contributed by atoms with Crippen LogP contribution >= 0.6 is 11.3 Å². The molecule has 3 heterocycles. The molecule has 0 atom stereocenters. The van der Waals surface area contributed by atoms with Gasteiger partial charge in [0.15, 0.2) is 0 Å². The van der Waals surface area contributed by atoms with Crippen LogP contribution in [0.4, 0.5) is 5.82 Å². The van der Waals surface area contributed by atoms with Crippen molar-refractivity contribution in [1.29, 1.82) is 0 Å². The van der Waals surface area contributed by atoms with Gasteiger partial charge in [-0.15, -0.1) is 11.3 Å². The van der Waals surface area contributed by atoms with Gasteiger partial charge in [0.25, 0.3) is 5.91 Å². The first kappa shape index (κ1) is 18.7. The number of aromatic nitrogens is 2. The SMILES string of the molecule is COc1ccc(CNc2ncnc3sc(C(=O)N4CCCCC4)c(C)c23)cc1. The van der Waals surface area contributed by atoms with E-state index in [2.05, 4.69) is 15.3 Å². The number of thiophene rings is 1. The maximum Gasteiger partial charge on any atom is 0.264 e. The maximum atomic E-state index is 13.0. The number of amides is 1. The van der Waals surface area contributed by atoms with Crippen molar-refractivity contribution in [1.82, 2.24) is 14.9 Å². The number of methoxy groups -OCH3 is 1. The first-order valence-electron chi connectivity index (χ1n) is 9.57. The first-order chi connectivity index (χ1) is 13.7. The highest BCUT2D eigenvalue weighted by atomic mass is 32.1. The molecule has 0 aliphatic carbocycles. The van der Waals surface area contributed by atoms with Gasteiger partial charge in [-0.25, -0.2) is 9.97 Å². The number of hydrogen-bond acceptors (Lipinski definition) is 6. The van der Waals surface area contributed by atoms with E-state index in [1.54, 1.807) is 13.4 Å². The van der Waals surface area contributed by atoms with E-state index in [-0.39, 0.29) is 5.91 Å². The quantitative estimate of drug-likeness (QED) is 0.698. The minimum absolute atomic E-state index is 0.126. The molecular formula is C21H24N4O2S. The molecule has 6 nitrogen and oxygen atoms in total. The number of piperidine rings is 1. The molecule has 28 heavy (non-hydrogen) atoms. The molecule has 1 N–H and O–H groups in total. The summed E-state index contributed by atoms with van der Waals surface area (Å²) in [6.45, 7) is 4.33. The molecule has 0 radical (unpaired) electrons. The Bertz CT molecular complexity index is 978. The summed E-state index contributed by atoms with van der Waals surface area (Å²) >= 11 is 1.47. The number of carbonyl (C=O) groups excluding carboxylic acids is 1. The Labute approximate surface area is 168 Å². The van der Waals surface area contributed by atoms with Gasteiger partial charge in [-0.05, 0) is 49.4 Å². The smallest absolute Gasteiger partial charge is 0.264 e. The van der Waals surface area contributed by atoms with E-state index in [9.17, 15) is 4.79 Å². The highest BCUT2D eigenvalue weighted by Crippen LogP contribution is 2.34. The molecule has 0 saturated carbocycles. The van der Waals surface area contributed by atoms with Crippen molar-refractivity contribution < 1.29 is 9.53 Å². The molecular weight excluding hydrogens is 372 g/mol. The number of aryl methyl sites for hydroxylation is 1. The van der Waals surface area contributed by atoms with Gasteiger partial charge in [-0.3, -0.25) is 4.79 Å². The lowest BCUT2D eigenvalue weighted by atomic mass is 10.1. The fourth-order valence-corrected chi connectivity index (χ4v) is 4.70. The first-order valence-corrected chi connectivity index (χ1v) is 10.4. The number of ether oxygens (including phenoxy) is 1. The number of hydrogen-bond donors (Lipinski definition) is 1. The Hall–Kier alpha value is -2.67. The zero-order valence-corrected chi connectivity index (χ0v) is 17.0. The number of nitrogens with zero attached hydrogens (tertiary/aromatic N) is 3. The second-order valence-electron chi connectivity index (χ2n) is 7.01. The largest absolute Gasteiger partial charge is 0.497 e. The predicted octanol–water partition coefficient (Wildman–Crippen LogP) is 4.25. The van der Waals surface area contributed by atoms with E-state index in [1.807, 2.05) is 36.1 Å². The summed E-state index contributed by atoms with van der Waals surface area (Å²) < 4.78 is 5.20. The van der Waals surface area contributed by atoms with Crippen LogP contribution in [0.3, 0.4) is 0 Å². The third-order valence-corrected chi connectivity index (χ3v) is 6.37. The highest BCUT2D eigenvalue weighted by Gasteiger charge is 2.24. The molecule has 1 aliphatic rings. The van der Waals surface area contributed by atoms with Gasteiger partial charge in [-0.2, -0.15) is 0 Å². The standard InChI is InChI=1S/C21H24N4O2S/c1-14-17-19(22-12-15-6-8-16(27-2)9-7-15)23-13-24-20(17)28-18(14)21(26)25-10-4-3-5-11-25/h6-9,13H,3-5,10-12H2,1-2H3,(H,22,23,24). The molecule has 7 heteroatoms. The summed E-state index contributed by atoms with van der Waals surface area (Å²) in [6.07, 6.45) is 4.94. The summed E-state index contributed by atoms with van der Waals surface area (Å²) in [5.74, 6) is 1.73. The molecule has 1 aromatic carbocycles. The lowest BCUT2D eigenvalue weighted by Gasteiger charge is -2.26. The van der Waals surface area contributed by atoms with Crippen molar-refractivity contribution in [3.8, 4) is 5.75 Å². The molecule has 1 fully saturated rings.